The van der Waals surface area contributed by atoms with Crippen molar-refractivity contribution in [2.75, 3.05) is 31.5 Å². The molecule has 0 unspecified atom stereocenters. The number of imidazole rings is 1. The van der Waals surface area contributed by atoms with Crippen molar-refractivity contribution in [1.82, 2.24) is 24.8 Å². The minimum absolute atomic E-state index is 0.0435. The van der Waals surface area contributed by atoms with Crippen LogP contribution < -0.4 is 10.6 Å². The lowest BCUT2D eigenvalue weighted by atomic mass is 10.1. The zero-order valence-corrected chi connectivity index (χ0v) is 18.5. The maximum absolute atomic E-state index is 12.5. The number of benzene rings is 1. The van der Waals surface area contributed by atoms with Crippen LogP contribution in [0.25, 0.3) is 16.9 Å². The van der Waals surface area contributed by atoms with Gasteiger partial charge in [-0.15, -0.1) is 5.10 Å². The van der Waals surface area contributed by atoms with E-state index >= 15 is 0 Å². The van der Waals surface area contributed by atoms with Crippen LogP contribution in [0.2, 0.25) is 0 Å². The molecule has 0 atom stereocenters. The Hall–Kier alpha value is -2.93. The van der Waals surface area contributed by atoms with Crippen molar-refractivity contribution in [3.8, 4) is 11.3 Å². The molecule has 31 heavy (non-hydrogen) atoms. The second kappa shape index (κ2) is 9.92. The number of carbonyl (C=O) groups excluding carboxylic acids is 1. The van der Waals surface area contributed by atoms with Crippen LogP contribution in [0.4, 0.5) is 5.82 Å². The topological polar surface area (TPSA) is 74.6 Å². The Labute approximate surface area is 183 Å². The van der Waals surface area contributed by atoms with Crippen LogP contribution in [0.5, 0.6) is 0 Å². The Morgan fingerprint density at radius 2 is 1.84 bits per heavy atom. The van der Waals surface area contributed by atoms with Crippen LogP contribution in [0, 0.1) is 0 Å². The molecular weight excluding hydrogens is 388 g/mol. The van der Waals surface area contributed by atoms with Gasteiger partial charge in [-0.3, -0.25) is 4.79 Å². The lowest BCUT2D eigenvalue weighted by Gasteiger charge is -2.17. The molecule has 2 N–H and O–H groups in total. The van der Waals surface area contributed by atoms with Crippen LogP contribution in [0.3, 0.4) is 0 Å². The Morgan fingerprint density at radius 3 is 2.55 bits per heavy atom. The van der Waals surface area contributed by atoms with Crippen molar-refractivity contribution in [1.29, 1.82) is 0 Å². The zero-order valence-electron chi connectivity index (χ0n) is 18.5. The van der Waals surface area contributed by atoms with Gasteiger partial charge in [0.25, 0.3) is 5.91 Å². The summed E-state index contributed by atoms with van der Waals surface area (Å²) in [6.45, 7) is 7.76. The summed E-state index contributed by atoms with van der Waals surface area (Å²) in [5.74, 6) is 0.834. The Morgan fingerprint density at radius 1 is 1.10 bits per heavy atom. The van der Waals surface area contributed by atoms with Crippen LogP contribution >= 0.6 is 0 Å². The summed E-state index contributed by atoms with van der Waals surface area (Å²) < 4.78 is 1.87. The van der Waals surface area contributed by atoms with E-state index < -0.39 is 0 Å². The highest BCUT2D eigenvalue weighted by Crippen LogP contribution is 2.24. The summed E-state index contributed by atoms with van der Waals surface area (Å²) >= 11 is 0. The first-order chi connectivity index (χ1) is 15.2. The van der Waals surface area contributed by atoms with Gasteiger partial charge in [0.2, 0.25) is 0 Å². The molecule has 0 spiro atoms. The van der Waals surface area contributed by atoms with Crippen LogP contribution in [-0.2, 0) is 0 Å². The molecule has 0 bridgehead atoms. The lowest BCUT2D eigenvalue weighted by Crippen LogP contribution is -2.34. The van der Waals surface area contributed by atoms with Crippen molar-refractivity contribution in [2.24, 2.45) is 0 Å². The molecule has 0 saturated heterocycles. The number of aromatic nitrogens is 3. The SMILES string of the molecule is CCN(CC)CCNC(=O)c1ccc(-c2cnc3ccc(NC4CCCC4)nn23)cc1. The molecular formula is C24H32N6O. The number of rotatable bonds is 9. The molecule has 1 aliphatic rings. The van der Waals surface area contributed by atoms with E-state index in [4.69, 9.17) is 5.10 Å². The van der Waals surface area contributed by atoms with Gasteiger partial charge in [0.05, 0.1) is 11.9 Å². The fourth-order valence-electron chi connectivity index (χ4n) is 4.19. The standard InChI is InChI=1S/C24H32N6O/c1-3-29(4-2)16-15-25-24(31)19-11-9-18(10-12-19)21-17-26-23-14-13-22(28-30(21)23)27-20-7-5-6-8-20/h9-14,17,20H,3-8,15-16H2,1-2H3,(H,25,31)(H,27,28). The molecule has 2 heterocycles. The Kier molecular flexibility index (Phi) is 6.82. The summed E-state index contributed by atoms with van der Waals surface area (Å²) in [6, 6.07) is 12.1. The lowest BCUT2D eigenvalue weighted by molar-refractivity contribution is 0.0949. The number of hydrogen-bond donors (Lipinski definition) is 2. The van der Waals surface area contributed by atoms with E-state index in [-0.39, 0.29) is 5.91 Å². The number of amides is 1. The van der Waals surface area contributed by atoms with E-state index in [2.05, 4.69) is 34.4 Å². The van der Waals surface area contributed by atoms with Crippen LogP contribution in [0.15, 0.2) is 42.6 Å². The highest BCUT2D eigenvalue weighted by Gasteiger charge is 2.16. The molecule has 1 aromatic carbocycles. The Bertz CT molecular complexity index is 1000. The van der Waals surface area contributed by atoms with Crippen molar-refractivity contribution >= 4 is 17.4 Å². The van der Waals surface area contributed by atoms with Gasteiger partial charge >= 0.3 is 0 Å². The first kappa shape index (κ1) is 21.3. The number of nitrogens with one attached hydrogen (secondary N) is 2. The fraction of sp³-hybridized carbons (Fsp3) is 0.458. The number of carbonyl (C=O) groups is 1. The fourth-order valence-corrected chi connectivity index (χ4v) is 4.19. The minimum Gasteiger partial charge on any atom is -0.366 e. The predicted molar refractivity (Wildman–Crippen MR) is 124 cm³/mol. The second-order valence-corrected chi connectivity index (χ2v) is 8.12. The molecule has 3 aromatic rings. The van der Waals surface area contributed by atoms with Gasteiger partial charge in [0.1, 0.15) is 5.82 Å². The highest BCUT2D eigenvalue weighted by molar-refractivity contribution is 5.94. The van der Waals surface area contributed by atoms with E-state index in [1.54, 1.807) is 0 Å². The Balaban J connectivity index is 1.45. The summed E-state index contributed by atoms with van der Waals surface area (Å²) in [4.78, 5) is 19.2. The largest absolute Gasteiger partial charge is 0.366 e. The van der Waals surface area contributed by atoms with Gasteiger partial charge < -0.3 is 15.5 Å². The molecule has 7 heteroatoms. The highest BCUT2D eigenvalue weighted by atomic mass is 16.1. The average molecular weight is 421 g/mol. The molecule has 4 rings (SSSR count). The van der Waals surface area contributed by atoms with Gasteiger partial charge in [0.15, 0.2) is 5.65 Å². The number of anilines is 1. The van der Waals surface area contributed by atoms with Gasteiger partial charge in [0, 0.05) is 30.3 Å². The normalized spacial score (nSPS) is 14.4. The molecule has 1 amide bonds. The molecule has 0 radical (unpaired) electrons. The van der Waals surface area contributed by atoms with Crippen LogP contribution in [0.1, 0.15) is 49.9 Å². The predicted octanol–water partition coefficient (Wildman–Crippen LogP) is 3.82. The summed E-state index contributed by atoms with van der Waals surface area (Å²) in [5.41, 5.74) is 3.37. The van der Waals surface area contributed by atoms with Gasteiger partial charge in [-0.05, 0) is 50.2 Å². The maximum atomic E-state index is 12.5. The quantitative estimate of drug-likeness (QED) is 0.550. The number of nitrogens with zero attached hydrogens (tertiary/aromatic N) is 4. The number of likely N-dealkylation sites (N-methyl/N-ethyl adjacent to an activating group) is 1. The maximum Gasteiger partial charge on any atom is 0.251 e. The van der Waals surface area contributed by atoms with Gasteiger partial charge in [-0.1, -0.05) is 38.8 Å². The van der Waals surface area contributed by atoms with Gasteiger partial charge in [-0.2, -0.15) is 0 Å². The number of fused-ring (bicyclic) bond motifs is 1. The molecule has 2 aromatic heterocycles. The molecule has 0 aliphatic heterocycles. The third-order valence-electron chi connectivity index (χ3n) is 6.12. The van der Waals surface area contributed by atoms with E-state index in [0.29, 0.717) is 18.2 Å². The average Bonchev–Trinajstić information content (AvgIpc) is 3.46. The molecule has 1 saturated carbocycles. The van der Waals surface area contributed by atoms with Crippen molar-refractivity contribution in [3.63, 3.8) is 0 Å². The summed E-state index contributed by atoms with van der Waals surface area (Å²) in [5, 5.41) is 11.3. The third-order valence-corrected chi connectivity index (χ3v) is 6.12. The van der Waals surface area contributed by atoms with E-state index in [1.165, 1.54) is 25.7 Å². The smallest absolute Gasteiger partial charge is 0.251 e. The number of hydrogen-bond acceptors (Lipinski definition) is 5. The molecule has 7 nitrogen and oxygen atoms in total. The van der Waals surface area contributed by atoms with Crippen molar-refractivity contribution in [3.05, 3.63) is 48.2 Å². The van der Waals surface area contributed by atoms with E-state index in [9.17, 15) is 4.79 Å². The summed E-state index contributed by atoms with van der Waals surface area (Å²) in [7, 11) is 0. The summed E-state index contributed by atoms with van der Waals surface area (Å²) in [6.07, 6.45) is 6.81. The molecule has 1 aliphatic carbocycles. The van der Waals surface area contributed by atoms with Crippen molar-refractivity contribution < 1.29 is 4.79 Å². The monoisotopic (exact) mass is 420 g/mol. The molecule has 164 valence electrons. The minimum atomic E-state index is -0.0435. The van der Waals surface area contributed by atoms with E-state index in [1.807, 2.05) is 47.1 Å². The zero-order chi connectivity index (χ0) is 21.6. The second-order valence-electron chi connectivity index (χ2n) is 8.12. The first-order valence-corrected chi connectivity index (χ1v) is 11.4. The third kappa shape index (κ3) is 5.05. The first-order valence-electron chi connectivity index (χ1n) is 11.4. The van der Waals surface area contributed by atoms with E-state index in [0.717, 1.165) is 42.4 Å². The molecule has 1 fully saturated rings. The van der Waals surface area contributed by atoms with Crippen molar-refractivity contribution in [2.45, 2.75) is 45.6 Å². The van der Waals surface area contributed by atoms with Gasteiger partial charge in [-0.25, -0.2) is 9.50 Å². The van der Waals surface area contributed by atoms with Crippen LogP contribution in [-0.4, -0.2) is 57.6 Å².